The first-order valence-electron chi connectivity index (χ1n) is 6.44. The van der Waals surface area contributed by atoms with Gasteiger partial charge in [-0.3, -0.25) is 0 Å². The van der Waals surface area contributed by atoms with Crippen LogP contribution in [0.2, 0.25) is 0 Å². The summed E-state index contributed by atoms with van der Waals surface area (Å²) < 4.78 is 53.6. The van der Waals surface area contributed by atoms with E-state index in [1.54, 1.807) is 0 Å². The van der Waals surface area contributed by atoms with Gasteiger partial charge in [0.05, 0.1) is 0 Å². The minimum Gasteiger partial charge on any atom is -0.326 e. The van der Waals surface area contributed by atoms with Gasteiger partial charge >= 0.3 is 0 Å². The lowest BCUT2D eigenvalue weighted by Crippen LogP contribution is -2.38. The molecule has 1 rings (SSSR count). The van der Waals surface area contributed by atoms with Crippen LogP contribution in [0, 0.1) is 11.6 Å². The van der Waals surface area contributed by atoms with Crippen LogP contribution in [-0.2, 0) is 16.6 Å². The molecule has 0 aromatic heterocycles. The van der Waals surface area contributed by atoms with Crippen molar-refractivity contribution < 1.29 is 17.2 Å². The van der Waals surface area contributed by atoms with Crippen molar-refractivity contribution in [2.24, 2.45) is 5.73 Å². The summed E-state index contributed by atoms with van der Waals surface area (Å²) in [6.45, 7) is 1.78. The van der Waals surface area contributed by atoms with Gasteiger partial charge in [-0.2, -0.15) is 16.1 Å². The van der Waals surface area contributed by atoms with Gasteiger partial charge in [0.25, 0.3) is 0 Å². The number of thioether (sulfide) groups is 1. The molecule has 0 aliphatic heterocycles. The van der Waals surface area contributed by atoms with Crippen molar-refractivity contribution in [3.63, 3.8) is 0 Å². The third kappa shape index (κ3) is 3.94. The second-order valence-corrected chi connectivity index (χ2v) is 7.51. The van der Waals surface area contributed by atoms with E-state index in [1.165, 1.54) is 18.8 Å². The van der Waals surface area contributed by atoms with Crippen LogP contribution in [0.15, 0.2) is 17.0 Å². The van der Waals surface area contributed by atoms with Gasteiger partial charge < -0.3 is 5.73 Å². The molecule has 0 spiro atoms. The van der Waals surface area contributed by atoms with Crippen LogP contribution in [0.4, 0.5) is 8.78 Å². The van der Waals surface area contributed by atoms with Gasteiger partial charge in [-0.05, 0) is 30.4 Å². The van der Waals surface area contributed by atoms with E-state index in [9.17, 15) is 17.2 Å². The van der Waals surface area contributed by atoms with E-state index in [2.05, 4.69) is 0 Å². The highest BCUT2D eigenvalue weighted by molar-refractivity contribution is 7.98. The third-order valence-corrected chi connectivity index (χ3v) is 5.92. The summed E-state index contributed by atoms with van der Waals surface area (Å²) in [5.41, 5.74) is 5.62. The smallest absolute Gasteiger partial charge is 0.246 e. The van der Waals surface area contributed by atoms with Crippen LogP contribution in [-0.4, -0.2) is 37.8 Å². The molecule has 1 aromatic carbocycles. The molecule has 0 saturated heterocycles. The van der Waals surface area contributed by atoms with Gasteiger partial charge in [-0.1, -0.05) is 6.92 Å². The van der Waals surface area contributed by atoms with E-state index in [4.69, 9.17) is 5.73 Å². The van der Waals surface area contributed by atoms with Gasteiger partial charge in [0.2, 0.25) is 10.0 Å². The van der Waals surface area contributed by atoms with E-state index in [0.29, 0.717) is 12.2 Å². The molecule has 0 bridgehead atoms. The molecule has 8 heteroatoms. The van der Waals surface area contributed by atoms with Crippen LogP contribution in [0.1, 0.15) is 18.9 Å². The van der Waals surface area contributed by atoms with Crippen molar-refractivity contribution in [1.29, 1.82) is 0 Å². The number of nitrogens with zero attached hydrogens (tertiary/aromatic N) is 1. The highest BCUT2D eigenvalue weighted by Crippen LogP contribution is 2.25. The second-order valence-electron chi connectivity index (χ2n) is 4.63. The maximum absolute atomic E-state index is 13.9. The minimum absolute atomic E-state index is 0.0640. The molecular weight excluding hydrogens is 318 g/mol. The predicted octanol–water partition coefficient (Wildman–Crippen LogP) is 2.19. The Morgan fingerprint density at radius 1 is 1.38 bits per heavy atom. The molecule has 120 valence electrons. The molecule has 0 fully saturated rings. The average Bonchev–Trinajstić information content (AvgIpc) is 2.46. The molecule has 2 N–H and O–H groups in total. The van der Waals surface area contributed by atoms with Crippen molar-refractivity contribution in [3.8, 4) is 0 Å². The molecule has 0 aliphatic rings. The highest BCUT2D eigenvalue weighted by atomic mass is 32.2. The molecule has 21 heavy (non-hydrogen) atoms. The van der Waals surface area contributed by atoms with Crippen LogP contribution in [0.3, 0.4) is 0 Å². The van der Waals surface area contributed by atoms with Crippen molar-refractivity contribution in [2.45, 2.75) is 30.8 Å². The fourth-order valence-electron chi connectivity index (χ4n) is 1.95. The quantitative estimate of drug-likeness (QED) is 0.828. The summed E-state index contributed by atoms with van der Waals surface area (Å²) in [5.74, 6) is -1.99. The Kier molecular flexibility index (Phi) is 6.58. The monoisotopic (exact) mass is 338 g/mol. The normalized spacial score (nSPS) is 13.7. The van der Waals surface area contributed by atoms with Crippen LogP contribution >= 0.6 is 11.8 Å². The number of rotatable bonds is 7. The predicted molar refractivity (Wildman–Crippen MR) is 81.7 cm³/mol. The molecule has 0 radical (unpaired) electrons. The fraction of sp³-hybridized carbons (Fsp3) is 0.538. The molecule has 0 heterocycles. The average molecular weight is 338 g/mol. The third-order valence-electron chi connectivity index (χ3n) is 3.29. The van der Waals surface area contributed by atoms with Gasteiger partial charge in [0.1, 0.15) is 4.90 Å². The van der Waals surface area contributed by atoms with Crippen LogP contribution < -0.4 is 5.73 Å². The summed E-state index contributed by atoms with van der Waals surface area (Å²) >= 11 is 1.50. The molecular formula is C13H20F2N2O2S2. The lowest BCUT2D eigenvalue weighted by molar-refractivity contribution is 0.380. The Hall–Kier alpha value is -0.700. The van der Waals surface area contributed by atoms with Crippen molar-refractivity contribution in [3.05, 3.63) is 29.3 Å². The van der Waals surface area contributed by atoms with Gasteiger partial charge in [-0.15, -0.1) is 0 Å². The second kappa shape index (κ2) is 7.53. The van der Waals surface area contributed by atoms with Crippen molar-refractivity contribution in [2.75, 3.05) is 19.1 Å². The van der Waals surface area contributed by atoms with Crippen molar-refractivity contribution >= 4 is 21.8 Å². The van der Waals surface area contributed by atoms with Crippen LogP contribution in [0.5, 0.6) is 0 Å². The Morgan fingerprint density at radius 2 is 2.00 bits per heavy atom. The van der Waals surface area contributed by atoms with Crippen LogP contribution in [0.25, 0.3) is 0 Å². The zero-order valence-electron chi connectivity index (χ0n) is 12.3. The standard InChI is InChI=1S/C13H20F2N2O2S2/c1-4-10(8-20-3)17(2)21(18,19)12-6-9(7-16)5-11(14)13(12)15/h5-6,10H,4,7-8,16H2,1-3H3. The first-order valence-corrected chi connectivity index (χ1v) is 9.27. The summed E-state index contributed by atoms with van der Waals surface area (Å²) in [7, 11) is -2.73. The van der Waals surface area contributed by atoms with Gasteiger partial charge in [0.15, 0.2) is 11.6 Å². The molecule has 4 nitrogen and oxygen atoms in total. The maximum Gasteiger partial charge on any atom is 0.246 e. The lowest BCUT2D eigenvalue weighted by Gasteiger charge is -2.26. The molecule has 0 saturated carbocycles. The minimum atomic E-state index is -4.11. The number of hydrogen-bond donors (Lipinski definition) is 1. The van der Waals surface area contributed by atoms with E-state index in [0.717, 1.165) is 16.4 Å². The van der Waals surface area contributed by atoms with Gasteiger partial charge in [-0.25, -0.2) is 17.2 Å². The summed E-state index contributed by atoms with van der Waals surface area (Å²) in [6, 6.07) is 1.72. The molecule has 0 aliphatic carbocycles. The van der Waals surface area contributed by atoms with E-state index in [1.807, 2.05) is 13.2 Å². The summed E-state index contributed by atoms with van der Waals surface area (Å²) in [6.07, 6.45) is 2.44. The summed E-state index contributed by atoms with van der Waals surface area (Å²) in [5, 5.41) is 0. The first kappa shape index (κ1) is 18.3. The van der Waals surface area contributed by atoms with Crippen molar-refractivity contribution in [1.82, 2.24) is 4.31 Å². The fourth-order valence-corrected chi connectivity index (χ4v) is 4.44. The zero-order chi connectivity index (χ0) is 16.2. The number of nitrogens with two attached hydrogens (primary N) is 1. The lowest BCUT2D eigenvalue weighted by atomic mass is 10.2. The number of benzene rings is 1. The molecule has 0 amide bonds. The SMILES string of the molecule is CCC(CSC)N(C)S(=O)(=O)c1cc(CN)cc(F)c1F. The first-order chi connectivity index (χ1) is 9.79. The summed E-state index contributed by atoms with van der Waals surface area (Å²) in [4.78, 5) is -0.662. The number of halogens is 2. The Morgan fingerprint density at radius 3 is 2.48 bits per heavy atom. The Labute approximate surface area is 128 Å². The largest absolute Gasteiger partial charge is 0.326 e. The maximum atomic E-state index is 13.9. The number of sulfonamides is 1. The molecule has 1 unspecified atom stereocenters. The highest BCUT2D eigenvalue weighted by Gasteiger charge is 2.31. The van der Waals surface area contributed by atoms with E-state index in [-0.39, 0.29) is 18.2 Å². The topological polar surface area (TPSA) is 63.4 Å². The van der Waals surface area contributed by atoms with E-state index < -0.39 is 26.6 Å². The Bertz CT molecular complexity index is 594. The molecule has 1 aromatic rings. The zero-order valence-corrected chi connectivity index (χ0v) is 13.9. The van der Waals surface area contributed by atoms with E-state index >= 15 is 0 Å². The Balaban J connectivity index is 3.33. The van der Waals surface area contributed by atoms with Gasteiger partial charge in [0, 0.05) is 25.4 Å². The molecule has 1 atom stereocenters. The number of hydrogen-bond acceptors (Lipinski definition) is 4.